The predicted octanol–water partition coefficient (Wildman–Crippen LogP) is 1.67. The zero-order chi connectivity index (χ0) is 11.4. The number of aromatic nitrogens is 2. The summed E-state index contributed by atoms with van der Waals surface area (Å²) in [6.45, 7) is 2.24. The number of rotatable bonds is 4. The highest BCUT2D eigenvalue weighted by Gasteiger charge is 2.02. The molecule has 0 amide bonds. The summed E-state index contributed by atoms with van der Waals surface area (Å²) < 4.78 is 10.1. The molecule has 0 bridgehead atoms. The third kappa shape index (κ3) is 2.58. The molecule has 1 heterocycles. The quantitative estimate of drug-likeness (QED) is 0.846. The van der Waals surface area contributed by atoms with E-state index in [2.05, 4.69) is 14.7 Å². The summed E-state index contributed by atoms with van der Waals surface area (Å²) in [7, 11) is 0. The van der Waals surface area contributed by atoms with Gasteiger partial charge in [-0.2, -0.15) is 4.98 Å². The summed E-state index contributed by atoms with van der Waals surface area (Å²) in [5.74, 6) is 1.28. The van der Waals surface area contributed by atoms with Crippen LogP contribution in [-0.2, 0) is 6.61 Å². The molecular weight excluding hydrogens is 206 g/mol. The lowest BCUT2D eigenvalue weighted by atomic mass is 10.1. The molecule has 0 saturated heterocycles. The van der Waals surface area contributed by atoms with E-state index in [-0.39, 0.29) is 6.04 Å². The van der Waals surface area contributed by atoms with Gasteiger partial charge >= 0.3 is 0 Å². The van der Waals surface area contributed by atoms with Gasteiger partial charge in [-0.05, 0) is 24.6 Å². The summed E-state index contributed by atoms with van der Waals surface area (Å²) in [6, 6.07) is 7.66. The number of nitrogens with zero attached hydrogens (tertiary/aromatic N) is 2. The fourth-order valence-corrected chi connectivity index (χ4v) is 1.27. The van der Waals surface area contributed by atoms with Gasteiger partial charge in [0.2, 0.25) is 12.2 Å². The first-order valence-electron chi connectivity index (χ1n) is 4.99. The average Bonchev–Trinajstić information content (AvgIpc) is 2.80. The SMILES string of the molecule is C[C@@H](N)c1ccc(OCc2ncon2)cc1. The maximum absolute atomic E-state index is 5.74. The first-order chi connectivity index (χ1) is 7.75. The number of hydrogen-bond donors (Lipinski definition) is 1. The molecule has 0 aliphatic heterocycles. The van der Waals surface area contributed by atoms with Crippen molar-refractivity contribution in [3.63, 3.8) is 0 Å². The number of ether oxygens (including phenoxy) is 1. The Morgan fingerprint density at radius 2 is 2.12 bits per heavy atom. The Balaban J connectivity index is 1.95. The van der Waals surface area contributed by atoms with Crippen LogP contribution in [0.25, 0.3) is 0 Å². The summed E-state index contributed by atoms with van der Waals surface area (Å²) in [5, 5.41) is 3.65. The maximum Gasteiger partial charge on any atom is 0.213 e. The monoisotopic (exact) mass is 219 g/mol. The minimum atomic E-state index is 0.0336. The molecule has 1 aromatic carbocycles. The topological polar surface area (TPSA) is 74.2 Å². The molecule has 0 radical (unpaired) electrons. The van der Waals surface area contributed by atoms with Crippen molar-refractivity contribution in [2.75, 3.05) is 0 Å². The maximum atomic E-state index is 5.74. The molecular formula is C11H13N3O2. The summed E-state index contributed by atoms with van der Waals surface area (Å²) >= 11 is 0. The van der Waals surface area contributed by atoms with E-state index in [1.807, 2.05) is 31.2 Å². The van der Waals surface area contributed by atoms with Crippen LogP contribution < -0.4 is 10.5 Å². The lowest BCUT2D eigenvalue weighted by Crippen LogP contribution is -2.04. The van der Waals surface area contributed by atoms with Crippen molar-refractivity contribution in [3.8, 4) is 5.75 Å². The molecule has 0 fully saturated rings. The highest BCUT2D eigenvalue weighted by molar-refractivity contribution is 5.28. The van der Waals surface area contributed by atoms with Gasteiger partial charge in [-0.15, -0.1) is 0 Å². The number of hydrogen-bond acceptors (Lipinski definition) is 5. The van der Waals surface area contributed by atoms with E-state index >= 15 is 0 Å². The van der Waals surface area contributed by atoms with Gasteiger partial charge in [0, 0.05) is 6.04 Å². The second-order valence-electron chi connectivity index (χ2n) is 3.49. The van der Waals surface area contributed by atoms with Gasteiger partial charge < -0.3 is 15.0 Å². The summed E-state index contributed by atoms with van der Waals surface area (Å²) in [6.07, 6.45) is 1.28. The van der Waals surface area contributed by atoms with Crippen LogP contribution in [-0.4, -0.2) is 10.1 Å². The standard InChI is InChI=1S/C11H13N3O2/c1-8(12)9-2-4-10(5-3-9)15-6-11-13-7-16-14-11/h2-5,7-8H,6,12H2,1H3/t8-/m1/s1. The van der Waals surface area contributed by atoms with Crippen LogP contribution in [0.1, 0.15) is 24.4 Å². The molecule has 0 aliphatic rings. The highest BCUT2D eigenvalue weighted by Crippen LogP contribution is 2.16. The van der Waals surface area contributed by atoms with Crippen LogP contribution in [0.15, 0.2) is 35.2 Å². The van der Waals surface area contributed by atoms with E-state index in [9.17, 15) is 0 Å². The van der Waals surface area contributed by atoms with Crippen molar-refractivity contribution >= 4 is 0 Å². The Labute approximate surface area is 93.2 Å². The third-order valence-corrected chi connectivity index (χ3v) is 2.18. The number of nitrogens with two attached hydrogens (primary N) is 1. The van der Waals surface area contributed by atoms with Crippen molar-refractivity contribution in [2.45, 2.75) is 19.6 Å². The molecule has 1 aromatic heterocycles. The van der Waals surface area contributed by atoms with Crippen LogP contribution in [0.4, 0.5) is 0 Å². The van der Waals surface area contributed by atoms with Gasteiger partial charge in [-0.1, -0.05) is 17.3 Å². The van der Waals surface area contributed by atoms with Crippen molar-refractivity contribution in [3.05, 3.63) is 42.0 Å². The third-order valence-electron chi connectivity index (χ3n) is 2.18. The first kappa shape index (κ1) is 10.6. The van der Waals surface area contributed by atoms with Crippen molar-refractivity contribution < 1.29 is 9.26 Å². The molecule has 0 spiro atoms. The Kier molecular flexibility index (Phi) is 3.16. The fraction of sp³-hybridized carbons (Fsp3) is 0.273. The smallest absolute Gasteiger partial charge is 0.213 e. The van der Waals surface area contributed by atoms with Gasteiger partial charge in [0.15, 0.2) is 6.61 Å². The van der Waals surface area contributed by atoms with Gasteiger partial charge in [0.25, 0.3) is 0 Å². The van der Waals surface area contributed by atoms with Crippen LogP contribution >= 0.6 is 0 Å². The van der Waals surface area contributed by atoms with Crippen LogP contribution in [0.5, 0.6) is 5.75 Å². The minimum Gasteiger partial charge on any atom is -0.485 e. The second kappa shape index (κ2) is 4.76. The first-order valence-corrected chi connectivity index (χ1v) is 4.99. The minimum absolute atomic E-state index is 0.0336. The van der Waals surface area contributed by atoms with Gasteiger partial charge in [0.1, 0.15) is 5.75 Å². The van der Waals surface area contributed by atoms with Crippen molar-refractivity contribution in [1.82, 2.24) is 10.1 Å². The van der Waals surface area contributed by atoms with Gasteiger partial charge in [-0.25, -0.2) is 0 Å². The lowest BCUT2D eigenvalue weighted by molar-refractivity contribution is 0.286. The van der Waals surface area contributed by atoms with Crippen molar-refractivity contribution in [2.24, 2.45) is 5.73 Å². The Hall–Kier alpha value is -1.88. The largest absolute Gasteiger partial charge is 0.485 e. The van der Waals surface area contributed by atoms with Crippen LogP contribution in [0.3, 0.4) is 0 Å². The summed E-state index contributed by atoms with van der Waals surface area (Å²) in [4.78, 5) is 3.85. The normalized spacial score (nSPS) is 12.4. The van der Waals surface area contributed by atoms with E-state index in [4.69, 9.17) is 10.5 Å². The van der Waals surface area contributed by atoms with E-state index in [0.717, 1.165) is 11.3 Å². The zero-order valence-electron chi connectivity index (χ0n) is 8.96. The molecule has 2 aromatic rings. The molecule has 5 heteroatoms. The second-order valence-corrected chi connectivity index (χ2v) is 3.49. The average molecular weight is 219 g/mol. The molecule has 0 unspecified atom stereocenters. The molecule has 1 atom stereocenters. The van der Waals surface area contributed by atoms with Crippen LogP contribution in [0, 0.1) is 0 Å². The van der Waals surface area contributed by atoms with E-state index in [0.29, 0.717) is 12.4 Å². The van der Waals surface area contributed by atoms with E-state index < -0.39 is 0 Å². The van der Waals surface area contributed by atoms with Gasteiger partial charge in [0.05, 0.1) is 0 Å². The molecule has 5 nitrogen and oxygen atoms in total. The van der Waals surface area contributed by atoms with E-state index in [1.165, 1.54) is 6.39 Å². The molecule has 0 aliphatic carbocycles. The van der Waals surface area contributed by atoms with Crippen molar-refractivity contribution in [1.29, 1.82) is 0 Å². The molecule has 16 heavy (non-hydrogen) atoms. The summed E-state index contributed by atoms with van der Waals surface area (Å²) in [5.41, 5.74) is 6.82. The molecule has 0 saturated carbocycles. The van der Waals surface area contributed by atoms with Gasteiger partial charge in [-0.3, -0.25) is 0 Å². The highest BCUT2D eigenvalue weighted by atomic mass is 16.5. The molecule has 2 N–H and O–H groups in total. The van der Waals surface area contributed by atoms with Crippen LogP contribution in [0.2, 0.25) is 0 Å². The Bertz CT molecular complexity index is 423. The number of benzene rings is 1. The fourth-order valence-electron chi connectivity index (χ4n) is 1.27. The lowest BCUT2D eigenvalue weighted by Gasteiger charge is -2.07. The predicted molar refractivity (Wildman–Crippen MR) is 57.7 cm³/mol. The Morgan fingerprint density at radius 1 is 1.38 bits per heavy atom. The van der Waals surface area contributed by atoms with E-state index in [1.54, 1.807) is 0 Å². The molecule has 2 rings (SSSR count). The molecule has 84 valence electrons. The zero-order valence-corrected chi connectivity index (χ0v) is 8.96. The Morgan fingerprint density at radius 3 is 2.69 bits per heavy atom.